The molecule has 0 bridgehead atoms. The molecule has 154 valence electrons. The Balaban J connectivity index is 1.50. The van der Waals surface area contributed by atoms with E-state index >= 15 is 0 Å². The van der Waals surface area contributed by atoms with Gasteiger partial charge in [0.2, 0.25) is 5.96 Å². The summed E-state index contributed by atoms with van der Waals surface area (Å²) in [4.78, 5) is 23.0. The number of carbonyl (C=O) groups is 1. The van der Waals surface area contributed by atoms with Crippen LogP contribution in [0.1, 0.15) is 36.2 Å². The third-order valence-electron chi connectivity index (χ3n) is 5.06. The first kappa shape index (κ1) is 19.8. The Morgan fingerprint density at radius 2 is 1.97 bits per heavy atom. The van der Waals surface area contributed by atoms with Crippen LogP contribution >= 0.6 is 0 Å². The first-order valence-corrected chi connectivity index (χ1v) is 9.56. The number of aliphatic imine (C=N–C) groups is 1. The summed E-state index contributed by atoms with van der Waals surface area (Å²) in [7, 11) is 0. The standard InChI is InChI=1S/C21H20F2N6O/c1-12-8-9-29(21-25-13(2)27-28-21)11-15(12)14-6-7-18(24-10-14)26-20(30)19-16(22)4-3-5-17(19)23/h3-7,10,13H,8-9,11H2,1-2H3,(H,24,26,30). The van der Waals surface area contributed by atoms with Crippen LogP contribution in [0, 0.1) is 11.6 Å². The molecule has 0 radical (unpaired) electrons. The van der Waals surface area contributed by atoms with Gasteiger partial charge in [-0.1, -0.05) is 11.6 Å². The third-order valence-corrected chi connectivity index (χ3v) is 5.06. The maximum atomic E-state index is 13.8. The number of guanidine groups is 1. The van der Waals surface area contributed by atoms with E-state index in [1.165, 1.54) is 11.6 Å². The van der Waals surface area contributed by atoms with Gasteiger partial charge in [0, 0.05) is 19.3 Å². The summed E-state index contributed by atoms with van der Waals surface area (Å²) < 4.78 is 27.6. The molecule has 1 aromatic carbocycles. The van der Waals surface area contributed by atoms with Crippen molar-refractivity contribution in [3.8, 4) is 0 Å². The van der Waals surface area contributed by atoms with Crippen LogP contribution in [0.15, 0.2) is 57.3 Å². The molecule has 30 heavy (non-hydrogen) atoms. The second kappa shape index (κ2) is 8.10. The highest BCUT2D eigenvalue weighted by Gasteiger charge is 2.24. The molecule has 2 aliphatic rings. The fourth-order valence-electron chi connectivity index (χ4n) is 3.41. The number of hydrogen-bond donors (Lipinski definition) is 1. The molecule has 0 saturated heterocycles. The van der Waals surface area contributed by atoms with Crippen molar-refractivity contribution in [3.63, 3.8) is 0 Å². The average molecular weight is 410 g/mol. The van der Waals surface area contributed by atoms with Gasteiger partial charge >= 0.3 is 0 Å². The van der Waals surface area contributed by atoms with Crippen LogP contribution in [0.5, 0.6) is 0 Å². The number of pyridine rings is 1. The van der Waals surface area contributed by atoms with Crippen LogP contribution in [0.4, 0.5) is 14.6 Å². The quantitative estimate of drug-likeness (QED) is 0.821. The highest BCUT2D eigenvalue weighted by atomic mass is 19.1. The van der Waals surface area contributed by atoms with Crippen molar-refractivity contribution in [2.75, 3.05) is 18.4 Å². The van der Waals surface area contributed by atoms with Gasteiger partial charge < -0.3 is 10.2 Å². The Morgan fingerprint density at radius 3 is 2.60 bits per heavy atom. The summed E-state index contributed by atoms with van der Waals surface area (Å²) in [6, 6.07) is 6.71. The number of halogens is 2. The minimum absolute atomic E-state index is 0.153. The van der Waals surface area contributed by atoms with Crippen molar-refractivity contribution in [1.82, 2.24) is 9.88 Å². The summed E-state index contributed by atoms with van der Waals surface area (Å²) in [5.41, 5.74) is 2.60. The van der Waals surface area contributed by atoms with Gasteiger partial charge in [-0.05, 0) is 55.7 Å². The summed E-state index contributed by atoms with van der Waals surface area (Å²) in [5.74, 6) is -1.89. The Kier molecular flexibility index (Phi) is 5.35. The van der Waals surface area contributed by atoms with E-state index < -0.39 is 23.1 Å². The second-order valence-corrected chi connectivity index (χ2v) is 7.19. The van der Waals surface area contributed by atoms with Crippen LogP contribution in [0.25, 0.3) is 5.57 Å². The van der Waals surface area contributed by atoms with E-state index in [0.717, 1.165) is 36.2 Å². The molecule has 2 aromatic rings. The lowest BCUT2D eigenvalue weighted by Gasteiger charge is -2.29. The number of anilines is 1. The second-order valence-electron chi connectivity index (χ2n) is 7.19. The summed E-state index contributed by atoms with van der Waals surface area (Å²) in [6.07, 6.45) is 2.35. The van der Waals surface area contributed by atoms with E-state index in [4.69, 9.17) is 0 Å². The zero-order valence-electron chi connectivity index (χ0n) is 16.6. The number of carbonyl (C=O) groups excluding carboxylic acids is 1. The lowest BCUT2D eigenvalue weighted by atomic mass is 9.96. The monoisotopic (exact) mass is 410 g/mol. The zero-order valence-corrected chi connectivity index (χ0v) is 16.6. The Bertz CT molecular complexity index is 1060. The lowest BCUT2D eigenvalue weighted by molar-refractivity contribution is 0.101. The highest BCUT2D eigenvalue weighted by Crippen LogP contribution is 2.28. The van der Waals surface area contributed by atoms with Crippen molar-refractivity contribution < 1.29 is 13.6 Å². The van der Waals surface area contributed by atoms with Gasteiger partial charge in [-0.2, -0.15) is 5.11 Å². The predicted octanol–water partition coefficient (Wildman–Crippen LogP) is 4.26. The third kappa shape index (κ3) is 3.96. The van der Waals surface area contributed by atoms with Crippen molar-refractivity contribution in [1.29, 1.82) is 0 Å². The van der Waals surface area contributed by atoms with Gasteiger partial charge in [-0.25, -0.2) is 18.8 Å². The van der Waals surface area contributed by atoms with Gasteiger partial charge in [0.15, 0.2) is 6.17 Å². The van der Waals surface area contributed by atoms with E-state index in [2.05, 4.69) is 37.3 Å². The first-order valence-electron chi connectivity index (χ1n) is 9.56. The van der Waals surface area contributed by atoms with Crippen molar-refractivity contribution in [2.24, 2.45) is 15.2 Å². The van der Waals surface area contributed by atoms with E-state index in [0.29, 0.717) is 12.5 Å². The molecule has 1 aromatic heterocycles. The Hall–Kier alpha value is -3.49. The molecule has 9 heteroatoms. The fourth-order valence-corrected chi connectivity index (χ4v) is 3.41. The van der Waals surface area contributed by atoms with Gasteiger partial charge in [-0.3, -0.25) is 4.79 Å². The van der Waals surface area contributed by atoms with Crippen LogP contribution in [0.2, 0.25) is 0 Å². The van der Waals surface area contributed by atoms with Crippen LogP contribution in [-0.2, 0) is 0 Å². The number of rotatable bonds is 3. The predicted molar refractivity (Wildman–Crippen MR) is 109 cm³/mol. The maximum Gasteiger partial charge on any atom is 0.262 e. The number of hydrogen-bond acceptors (Lipinski definition) is 6. The summed E-state index contributed by atoms with van der Waals surface area (Å²) in [5, 5.41) is 10.6. The summed E-state index contributed by atoms with van der Waals surface area (Å²) in [6.45, 7) is 5.40. The average Bonchev–Trinajstić information content (AvgIpc) is 3.15. The number of azo groups is 1. The molecule has 1 atom stereocenters. The molecule has 0 fully saturated rings. The van der Waals surface area contributed by atoms with Crippen LogP contribution in [-0.4, -0.2) is 41.0 Å². The smallest absolute Gasteiger partial charge is 0.262 e. The normalized spacial score (nSPS) is 18.6. The van der Waals surface area contributed by atoms with Gasteiger partial charge in [0.05, 0.1) is 0 Å². The largest absolute Gasteiger partial charge is 0.335 e. The molecule has 4 rings (SSSR count). The molecule has 1 N–H and O–H groups in total. The van der Waals surface area contributed by atoms with Crippen LogP contribution < -0.4 is 5.32 Å². The van der Waals surface area contributed by atoms with Gasteiger partial charge in [0.1, 0.15) is 23.0 Å². The molecule has 1 unspecified atom stereocenters. The zero-order chi connectivity index (χ0) is 21.3. The van der Waals surface area contributed by atoms with Crippen molar-refractivity contribution in [3.05, 3.63) is 64.9 Å². The fraction of sp³-hybridized carbons (Fsp3) is 0.286. The van der Waals surface area contributed by atoms with Crippen LogP contribution in [0.3, 0.4) is 0 Å². The lowest BCUT2D eigenvalue weighted by Crippen LogP contribution is -2.35. The number of aromatic nitrogens is 1. The molecule has 7 nitrogen and oxygen atoms in total. The maximum absolute atomic E-state index is 13.8. The number of nitrogens with one attached hydrogen (secondary N) is 1. The minimum atomic E-state index is -0.923. The topological polar surface area (TPSA) is 82.3 Å². The number of amides is 1. The molecule has 3 heterocycles. The molecule has 2 aliphatic heterocycles. The van der Waals surface area contributed by atoms with Crippen molar-refractivity contribution >= 4 is 23.3 Å². The molecular weight excluding hydrogens is 390 g/mol. The van der Waals surface area contributed by atoms with E-state index in [1.807, 2.05) is 13.0 Å². The SMILES string of the molecule is CC1=C(c2ccc(NC(=O)c3c(F)cccc3F)nc2)CN(C2=NC(C)N=N2)CC1. The molecule has 0 spiro atoms. The highest BCUT2D eigenvalue weighted by molar-refractivity contribution is 6.04. The molecular formula is C21H20F2N6O. The first-order chi connectivity index (χ1) is 14.4. The Morgan fingerprint density at radius 1 is 1.20 bits per heavy atom. The van der Waals surface area contributed by atoms with E-state index in [-0.39, 0.29) is 12.0 Å². The van der Waals surface area contributed by atoms with E-state index in [1.54, 1.807) is 12.3 Å². The molecule has 0 saturated carbocycles. The minimum Gasteiger partial charge on any atom is -0.335 e. The Labute approximate surface area is 172 Å². The summed E-state index contributed by atoms with van der Waals surface area (Å²) >= 11 is 0. The van der Waals surface area contributed by atoms with Gasteiger partial charge in [0.25, 0.3) is 5.91 Å². The number of benzene rings is 1. The number of nitrogens with zero attached hydrogens (tertiary/aromatic N) is 5. The molecule has 0 aliphatic carbocycles. The van der Waals surface area contributed by atoms with E-state index in [9.17, 15) is 13.6 Å². The van der Waals surface area contributed by atoms with Crippen molar-refractivity contribution in [2.45, 2.75) is 26.4 Å². The van der Waals surface area contributed by atoms with Gasteiger partial charge in [-0.15, -0.1) is 5.11 Å². The molecule has 1 amide bonds.